The third kappa shape index (κ3) is 3.56. The van der Waals surface area contributed by atoms with Gasteiger partial charge in [-0.1, -0.05) is 0 Å². The molecule has 0 bridgehead atoms. The third-order valence-corrected chi connectivity index (χ3v) is 2.24. The molecule has 0 saturated heterocycles. The molecule has 2 rings (SSSR count). The fourth-order valence-electron chi connectivity index (χ4n) is 1.36. The maximum absolute atomic E-state index is 8.70. The van der Waals surface area contributed by atoms with Crippen LogP contribution in [0, 0.1) is 0 Å². The average Bonchev–Trinajstić information content (AvgIpc) is 2.97. The largest absolute Gasteiger partial charge is 0.396 e. The SMILES string of the molecule is NNc1nc(NCCCCO)nc(-n2cncn2)n1. The van der Waals surface area contributed by atoms with E-state index in [0.29, 0.717) is 18.4 Å². The van der Waals surface area contributed by atoms with Crippen molar-refractivity contribution in [2.24, 2.45) is 5.84 Å². The molecule has 0 amide bonds. The highest BCUT2D eigenvalue weighted by molar-refractivity contribution is 5.36. The molecule has 0 aliphatic heterocycles. The number of unbranched alkanes of at least 4 members (excludes halogenated alkanes) is 1. The summed E-state index contributed by atoms with van der Waals surface area (Å²) in [5, 5.41) is 15.7. The van der Waals surface area contributed by atoms with Gasteiger partial charge in [-0.15, -0.1) is 0 Å². The predicted octanol–water partition coefficient (Wildman–Crippen LogP) is -1.08. The zero-order valence-corrected chi connectivity index (χ0v) is 10.2. The summed E-state index contributed by atoms with van der Waals surface area (Å²) in [7, 11) is 0. The molecular formula is C9H15N9O. The number of anilines is 2. The summed E-state index contributed by atoms with van der Waals surface area (Å²) in [5.41, 5.74) is 2.37. The van der Waals surface area contributed by atoms with Crippen molar-refractivity contribution in [3.05, 3.63) is 12.7 Å². The van der Waals surface area contributed by atoms with E-state index in [-0.39, 0.29) is 12.6 Å². The molecule has 0 unspecified atom stereocenters. The third-order valence-electron chi connectivity index (χ3n) is 2.24. The zero-order valence-electron chi connectivity index (χ0n) is 10.2. The van der Waals surface area contributed by atoms with Crippen molar-refractivity contribution < 1.29 is 5.11 Å². The van der Waals surface area contributed by atoms with Crippen LogP contribution < -0.4 is 16.6 Å². The number of rotatable bonds is 7. The molecule has 0 radical (unpaired) electrons. The Bertz CT molecular complexity index is 500. The predicted molar refractivity (Wildman–Crippen MR) is 67.4 cm³/mol. The Morgan fingerprint density at radius 1 is 1.21 bits per heavy atom. The summed E-state index contributed by atoms with van der Waals surface area (Å²) < 4.78 is 1.40. The molecule has 19 heavy (non-hydrogen) atoms. The summed E-state index contributed by atoms with van der Waals surface area (Å²) in [4.78, 5) is 16.1. The zero-order chi connectivity index (χ0) is 13.5. The van der Waals surface area contributed by atoms with Crippen molar-refractivity contribution in [3.8, 4) is 5.95 Å². The molecule has 0 aliphatic rings. The second-order valence-electron chi connectivity index (χ2n) is 3.62. The summed E-state index contributed by atoms with van der Waals surface area (Å²) in [6, 6.07) is 0. The maximum atomic E-state index is 8.70. The van der Waals surface area contributed by atoms with Crippen molar-refractivity contribution in [3.63, 3.8) is 0 Å². The summed E-state index contributed by atoms with van der Waals surface area (Å²) in [6.07, 6.45) is 4.39. The van der Waals surface area contributed by atoms with Crippen molar-refractivity contribution in [2.45, 2.75) is 12.8 Å². The quantitative estimate of drug-likeness (QED) is 0.279. The Labute approximate surface area is 109 Å². The van der Waals surface area contributed by atoms with Gasteiger partial charge in [0.15, 0.2) is 0 Å². The van der Waals surface area contributed by atoms with Gasteiger partial charge in [-0.2, -0.15) is 24.7 Å². The minimum Gasteiger partial charge on any atom is -0.396 e. The minimum absolute atomic E-state index is 0.165. The Kier molecular flexibility index (Phi) is 4.53. The van der Waals surface area contributed by atoms with Gasteiger partial charge in [-0.3, -0.25) is 5.43 Å². The highest BCUT2D eigenvalue weighted by atomic mass is 16.2. The standard InChI is InChI=1S/C9H15N9O/c10-17-8-14-7(12-3-1-2-4-19)15-9(16-8)18-6-11-5-13-18/h5-6,19H,1-4,10H2,(H2,12,14,15,16,17). The van der Waals surface area contributed by atoms with Crippen molar-refractivity contribution in [1.82, 2.24) is 29.7 Å². The Hall–Kier alpha value is -2.33. The molecule has 2 aromatic heterocycles. The van der Waals surface area contributed by atoms with Crippen LogP contribution in [-0.2, 0) is 0 Å². The second kappa shape index (κ2) is 6.56. The number of nitrogens with one attached hydrogen (secondary N) is 2. The lowest BCUT2D eigenvalue weighted by atomic mass is 10.3. The van der Waals surface area contributed by atoms with Gasteiger partial charge in [0.2, 0.25) is 11.9 Å². The van der Waals surface area contributed by atoms with E-state index in [1.165, 1.54) is 17.3 Å². The molecule has 10 heteroatoms. The van der Waals surface area contributed by atoms with Crippen LogP contribution >= 0.6 is 0 Å². The van der Waals surface area contributed by atoms with Crippen LogP contribution in [0.1, 0.15) is 12.8 Å². The van der Waals surface area contributed by atoms with E-state index in [4.69, 9.17) is 10.9 Å². The smallest absolute Gasteiger partial charge is 0.258 e. The second-order valence-corrected chi connectivity index (χ2v) is 3.62. The van der Waals surface area contributed by atoms with Gasteiger partial charge in [0.25, 0.3) is 5.95 Å². The first-order chi connectivity index (χ1) is 9.33. The molecule has 2 heterocycles. The summed E-state index contributed by atoms with van der Waals surface area (Å²) >= 11 is 0. The molecular weight excluding hydrogens is 250 g/mol. The van der Waals surface area contributed by atoms with Crippen LogP contribution in [0.25, 0.3) is 5.95 Å². The summed E-state index contributed by atoms with van der Waals surface area (Å²) in [5.74, 6) is 6.23. The Morgan fingerprint density at radius 2 is 2.05 bits per heavy atom. The minimum atomic E-state index is 0.165. The van der Waals surface area contributed by atoms with Crippen LogP contribution in [0.5, 0.6) is 0 Å². The van der Waals surface area contributed by atoms with Gasteiger partial charge in [0.1, 0.15) is 12.7 Å². The molecule has 0 aliphatic carbocycles. The molecule has 0 atom stereocenters. The normalized spacial score (nSPS) is 10.4. The molecule has 0 spiro atoms. The lowest BCUT2D eigenvalue weighted by Gasteiger charge is -2.07. The van der Waals surface area contributed by atoms with E-state index >= 15 is 0 Å². The highest BCUT2D eigenvalue weighted by Gasteiger charge is 2.07. The van der Waals surface area contributed by atoms with E-state index in [1.54, 1.807) is 0 Å². The Balaban J connectivity index is 2.12. The molecule has 0 saturated carbocycles. The lowest BCUT2D eigenvalue weighted by Crippen LogP contribution is -2.16. The van der Waals surface area contributed by atoms with Crippen LogP contribution in [-0.4, -0.2) is 48.0 Å². The number of nitrogens with two attached hydrogens (primary N) is 1. The first kappa shape index (κ1) is 13.1. The number of nitrogen functional groups attached to an aromatic ring is 1. The van der Waals surface area contributed by atoms with Gasteiger partial charge in [-0.05, 0) is 12.8 Å². The van der Waals surface area contributed by atoms with E-state index in [0.717, 1.165) is 12.8 Å². The molecule has 0 aromatic carbocycles. The molecule has 5 N–H and O–H groups in total. The molecule has 10 nitrogen and oxygen atoms in total. The van der Waals surface area contributed by atoms with E-state index in [2.05, 4.69) is 35.8 Å². The van der Waals surface area contributed by atoms with Gasteiger partial charge < -0.3 is 10.4 Å². The van der Waals surface area contributed by atoms with E-state index in [1.807, 2.05) is 0 Å². The Morgan fingerprint density at radius 3 is 2.74 bits per heavy atom. The lowest BCUT2D eigenvalue weighted by molar-refractivity contribution is 0.286. The first-order valence-corrected chi connectivity index (χ1v) is 5.76. The molecule has 0 fully saturated rings. The number of hydrogen-bond acceptors (Lipinski definition) is 9. The number of nitrogens with zero attached hydrogens (tertiary/aromatic N) is 6. The van der Waals surface area contributed by atoms with Crippen molar-refractivity contribution >= 4 is 11.9 Å². The van der Waals surface area contributed by atoms with Crippen LogP contribution in [0.15, 0.2) is 12.7 Å². The molecule has 102 valence electrons. The van der Waals surface area contributed by atoms with Gasteiger partial charge >= 0.3 is 0 Å². The van der Waals surface area contributed by atoms with Gasteiger partial charge in [-0.25, -0.2) is 10.8 Å². The highest BCUT2D eigenvalue weighted by Crippen LogP contribution is 2.07. The topological polar surface area (TPSA) is 140 Å². The number of aliphatic hydroxyl groups is 1. The summed E-state index contributed by atoms with van der Waals surface area (Å²) in [6.45, 7) is 0.810. The van der Waals surface area contributed by atoms with Crippen LogP contribution in [0.2, 0.25) is 0 Å². The first-order valence-electron chi connectivity index (χ1n) is 5.76. The van der Waals surface area contributed by atoms with Crippen LogP contribution in [0.3, 0.4) is 0 Å². The van der Waals surface area contributed by atoms with Crippen LogP contribution in [0.4, 0.5) is 11.9 Å². The van der Waals surface area contributed by atoms with Gasteiger partial charge in [0, 0.05) is 13.2 Å². The van der Waals surface area contributed by atoms with Crippen molar-refractivity contribution in [2.75, 3.05) is 23.9 Å². The van der Waals surface area contributed by atoms with E-state index < -0.39 is 0 Å². The fraction of sp³-hybridized carbons (Fsp3) is 0.444. The van der Waals surface area contributed by atoms with Gasteiger partial charge in [0.05, 0.1) is 0 Å². The maximum Gasteiger partial charge on any atom is 0.258 e. The number of hydrogen-bond donors (Lipinski definition) is 4. The molecule has 2 aromatic rings. The van der Waals surface area contributed by atoms with E-state index in [9.17, 15) is 0 Å². The average molecular weight is 265 g/mol. The number of hydrazine groups is 1. The number of aromatic nitrogens is 6. The fourth-order valence-corrected chi connectivity index (χ4v) is 1.36. The number of aliphatic hydroxyl groups excluding tert-OH is 1. The van der Waals surface area contributed by atoms with Crippen molar-refractivity contribution in [1.29, 1.82) is 0 Å². The monoisotopic (exact) mass is 265 g/mol.